The number of ether oxygens (including phenoxy) is 1. The summed E-state index contributed by atoms with van der Waals surface area (Å²) in [5, 5.41) is 16.3. The topological polar surface area (TPSA) is 86.7 Å². The number of hydrogen-bond donors (Lipinski definition) is 0. The first-order chi connectivity index (χ1) is 15.0. The maximum Gasteiger partial charge on any atom is 0.368 e. The highest BCUT2D eigenvalue weighted by atomic mass is 19.1. The fourth-order valence-electron chi connectivity index (χ4n) is 3.54. The second kappa shape index (κ2) is 8.63. The van der Waals surface area contributed by atoms with E-state index in [1.807, 2.05) is 26.0 Å². The molecule has 1 aromatic heterocycles. The second-order valence-electron chi connectivity index (χ2n) is 7.35. The van der Waals surface area contributed by atoms with E-state index in [-0.39, 0.29) is 18.1 Å². The van der Waals surface area contributed by atoms with Crippen molar-refractivity contribution in [2.75, 3.05) is 0 Å². The molecule has 0 aliphatic heterocycles. The molecule has 0 unspecified atom stereocenters. The van der Waals surface area contributed by atoms with Crippen molar-refractivity contribution in [3.05, 3.63) is 75.0 Å². The van der Waals surface area contributed by atoms with Crippen LogP contribution in [0.1, 0.15) is 42.0 Å². The number of aryl methyl sites for hydroxylation is 3. The van der Waals surface area contributed by atoms with E-state index in [1.165, 1.54) is 21.5 Å². The lowest BCUT2D eigenvalue weighted by atomic mass is 10.1. The van der Waals surface area contributed by atoms with E-state index < -0.39 is 0 Å². The highest BCUT2D eigenvalue weighted by molar-refractivity contribution is 6.04. The van der Waals surface area contributed by atoms with Crippen molar-refractivity contribution in [1.82, 2.24) is 19.8 Å². The Bertz CT molecular complexity index is 1240. The average molecular weight is 422 g/mol. The average Bonchev–Trinajstić information content (AvgIpc) is 3.31. The minimum absolute atomic E-state index is 0.202. The fraction of sp³-hybridized carbons (Fsp3) is 0.318. The van der Waals surface area contributed by atoms with Crippen molar-refractivity contribution in [1.29, 1.82) is 0 Å². The third-order valence-electron chi connectivity index (χ3n) is 5.32. The van der Waals surface area contributed by atoms with Crippen LogP contribution in [0.4, 0.5) is 4.39 Å². The first-order valence-corrected chi connectivity index (χ1v) is 10.1. The third-order valence-corrected chi connectivity index (χ3v) is 5.32. The summed E-state index contributed by atoms with van der Waals surface area (Å²) in [6.07, 6.45) is 2.08. The van der Waals surface area contributed by atoms with Crippen LogP contribution in [0.25, 0.3) is 5.69 Å². The van der Waals surface area contributed by atoms with Gasteiger partial charge in [-0.15, -0.1) is 5.10 Å². The largest absolute Gasteiger partial charge is 0.475 e. The SMILES string of the molecule is CCC(=NN=C1CCc2ccc(F)cc21)OCc1c(C)cccc1-n1nnn(C)c1=O. The highest BCUT2D eigenvalue weighted by Gasteiger charge is 2.19. The number of tetrazole rings is 1. The van der Waals surface area contributed by atoms with Crippen LogP contribution in [-0.2, 0) is 24.8 Å². The van der Waals surface area contributed by atoms with Crippen LogP contribution in [0, 0.1) is 12.7 Å². The monoisotopic (exact) mass is 422 g/mol. The van der Waals surface area contributed by atoms with Gasteiger partial charge in [0.15, 0.2) is 0 Å². The predicted molar refractivity (Wildman–Crippen MR) is 115 cm³/mol. The van der Waals surface area contributed by atoms with Gasteiger partial charge in [-0.2, -0.15) is 14.5 Å². The van der Waals surface area contributed by atoms with Crippen LogP contribution in [-0.4, -0.2) is 31.4 Å². The summed E-state index contributed by atoms with van der Waals surface area (Å²) < 4.78 is 22.0. The summed E-state index contributed by atoms with van der Waals surface area (Å²) in [6.45, 7) is 4.07. The maximum absolute atomic E-state index is 13.6. The first kappa shape index (κ1) is 20.6. The Morgan fingerprint density at radius 3 is 2.81 bits per heavy atom. The van der Waals surface area contributed by atoms with E-state index in [4.69, 9.17) is 4.74 Å². The van der Waals surface area contributed by atoms with Gasteiger partial charge in [0, 0.05) is 24.6 Å². The highest BCUT2D eigenvalue weighted by Crippen LogP contribution is 2.24. The van der Waals surface area contributed by atoms with Crippen molar-refractivity contribution >= 4 is 11.6 Å². The molecule has 1 heterocycles. The van der Waals surface area contributed by atoms with Gasteiger partial charge in [0.2, 0.25) is 5.90 Å². The van der Waals surface area contributed by atoms with Gasteiger partial charge in [-0.3, -0.25) is 0 Å². The molecule has 0 amide bonds. The van der Waals surface area contributed by atoms with E-state index in [0.717, 1.165) is 40.8 Å². The van der Waals surface area contributed by atoms with Crippen LogP contribution >= 0.6 is 0 Å². The predicted octanol–water partition coefficient (Wildman–Crippen LogP) is 3.09. The zero-order valence-corrected chi connectivity index (χ0v) is 17.7. The van der Waals surface area contributed by atoms with Crippen LogP contribution in [0.15, 0.2) is 51.4 Å². The van der Waals surface area contributed by atoms with Crippen molar-refractivity contribution < 1.29 is 9.13 Å². The summed E-state index contributed by atoms with van der Waals surface area (Å²) >= 11 is 0. The van der Waals surface area contributed by atoms with Crippen molar-refractivity contribution in [3.63, 3.8) is 0 Å². The zero-order chi connectivity index (χ0) is 22.0. The van der Waals surface area contributed by atoms with E-state index >= 15 is 0 Å². The summed E-state index contributed by atoms with van der Waals surface area (Å²) in [4.78, 5) is 12.3. The molecule has 3 aromatic rings. The van der Waals surface area contributed by atoms with E-state index in [9.17, 15) is 9.18 Å². The van der Waals surface area contributed by atoms with Gasteiger partial charge < -0.3 is 4.74 Å². The van der Waals surface area contributed by atoms with Gasteiger partial charge in [0.25, 0.3) is 0 Å². The maximum atomic E-state index is 13.6. The number of rotatable bonds is 5. The van der Waals surface area contributed by atoms with Crippen LogP contribution < -0.4 is 5.69 Å². The molecule has 9 heteroatoms. The normalized spacial score (nSPS) is 14.8. The molecular weight excluding hydrogens is 399 g/mol. The molecule has 0 fully saturated rings. The van der Waals surface area contributed by atoms with E-state index in [2.05, 4.69) is 20.6 Å². The van der Waals surface area contributed by atoms with Crippen LogP contribution in [0.5, 0.6) is 0 Å². The standard InChI is InChI=1S/C22H23FN6O2/c1-4-21(25-24-19-11-9-15-8-10-16(23)12-17(15)19)31-13-18-14(2)6-5-7-20(18)29-22(30)28(3)26-27-29/h5-8,10,12H,4,9,11,13H2,1-3H3. The molecule has 0 spiro atoms. The first-order valence-electron chi connectivity index (χ1n) is 10.1. The number of aromatic nitrogens is 4. The Labute approximate surface area is 178 Å². The lowest BCUT2D eigenvalue weighted by Gasteiger charge is -2.13. The molecule has 31 heavy (non-hydrogen) atoms. The Hall–Kier alpha value is -3.62. The summed E-state index contributed by atoms with van der Waals surface area (Å²) in [5.74, 6) is 0.175. The van der Waals surface area contributed by atoms with Crippen molar-refractivity contribution in [3.8, 4) is 5.69 Å². The number of halogens is 1. The van der Waals surface area contributed by atoms with Gasteiger partial charge in [-0.1, -0.05) is 25.1 Å². The number of hydrogen-bond acceptors (Lipinski definition) is 6. The van der Waals surface area contributed by atoms with Gasteiger partial charge >= 0.3 is 5.69 Å². The number of benzene rings is 2. The Kier molecular flexibility index (Phi) is 5.75. The second-order valence-corrected chi connectivity index (χ2v) is 7.35. The molecule has 0 radical (unpaired) electrons. The molecule has 2 aromatic carbocycles. The number of nitrogens with zero attached hydrogens (tertiary/aromatic N) is 6. The fourth-order valence-corrected chi connectivity index (χ4v) is 3.54. The van der Waals surface area contributed by atoms with Gasteiger partial charge in [0.1, 0.15) is 12.4 Å². The molecule has 0 atom stereocenters. The van der Waals surface area contributed by atoms with Crippen LogP contribution in [0.2, 0.25) is 0 Å². The zero-order valence-electron chi connectivity index (χ0n) is 17.7. The van der Waals surface area contributed by atoms with Gasteiger partial charge in [-0.05, 0) is 59.5 Å². The molecule has 8 nitrogen and oxygen atoms in total. The summed E-state index contributed by atoms with van der Waals surface area (Å²) in [7, 11) is 1.55. The van der Waals surface area contributed by atoms with Gasteiger partial charge in [0.05, 0.1) is 11.4 Å². The molecule has 1 aliphatic rings. The van der Waals surface area contributed by atoms with Crippen molar-refractivity contribution in [2.24, 2.45) is 17.3 Å². The Morgan fingerprint density at radius 1 is 1.23 bits per heavy atom. The summed E-state index contributed by atoms with van der Waals surface area (Å²) in [6, 6.07) is 10.4. The molecule has 4 rings (SSSR count). The van der Waals surface area contributed by atoms with Gasteiger partial charge in [-0.25, -0.2) is 9.18 Å². The minimum Gasteiger partial charge on any atom is -0.475 e. The molecular formula is C22H23FN6O2. The lowest BCUT2D eigenvalue weighted by molar-refractivity contribution is 0.282. The lowest BCUT2D eigenvalue weighted by Crippen LogP contribution is -2.23. The quantitative estimate of drug-likeness (QED) is 0.359. The molecule has 0 saturated carbocycles. The van der Waals surface area contributed by atoms with E-state index in [0.29, 0.717) is 18.0 Å². The molecule has 0 saturated heterocycles. The third kappa shape index (κ3) is 4.16. The van der Waals surface area contributed by atoms with E-state index in [1.54, 1.807) is 19.2 Å². The Morgan fingerprint density at radius 2 is 2.06 bits per heavy atom. The molecule has 160 valence electrons. The minimum atomic E-state index is -0.338. The Balaban J connectivity index is 1.57. The number of fused-ring (bicyclic) bond motifs is 1. The summed E-state index contributed by atoms with van der Waals surface area (Å²) in [5.41, 5.74) is 4.68. The molecule has 1 aliphatic carbocycles. The van der Waals surface area contributed by atoms with Crippen molar-refractivity contribution in [2.45, 2.75) is 39.7 Å². The molecule has 0 bridgehead atoms. The van der Waals surface area contributed by atoms with Crippen LogP contribution in [0.3, 0.4) is 0 Å². The smallest absolute Gasteiger partial charge is 0.368 e. The molecule has 0 N–H and O–H groups in total.